The fourth-order valence-corrected chi connectivity index (χ4v) is 2.68. The molecule has 8 nitrogen and oxygen atoms in total. The molecule has 4 N–H and O–H groups in total. The monoisotopic (exact) mass is 384 g/mol. The van der Waals surface area contributed by atoms with E-state index in [1.165, 1.54) is 7.11 Å². The zero-order valence-corrected chi connectivity index (χ0v) is 14.4. The molecule has 0 aliphatic rings. The summed E-state index contributed by atoms with van der Waals surface area (Å²) in [7, 11) is 1.22. The molecule has 2 aromatic rings. The highest BCUT2D eigenvalue weighted by molar-refractivity contribution is 8.00. The van der Waals surface area contributed by atoms with Crippen molar-refractivity contribution >= 4 is 35.1 Å². The highest BCUT2D eigenvalue weighted by Crippen LogP contribution is 2.22. The molecule has 1 amide bonds. The first-order chi connectivity index (χ1) is 12.2. The van der Waals surface area contributed by atoms with E-state index in [9.17, 15) is 23.2 Å². The number of thioether (sulfide) groups is 1. The molecular formula is C15H14F2N4O4S. The lowest BCUT2D eigenvalue weighted by atomic mass is 10.2. The number of benzene rings is 1. The SMILES string of the molecule is COC(=O)[C@@H](C)Sc1nc(N)c(NC(=O)c2ccc(F)c(F)c2)c(=O)[nH]1. The summed E-state index contributed by atoms with van der Waals surface area (Å²) in [5.41, 5.74) is 4.35. The molecule has 1 atom stereocenters. The second kappa shape index (κ2) is 7.95. The number of H-pyrrole nitrogens is 1. The van der Waals surface area contributed by atoms with E-state index in [0.29, 0.717) is 6.07 Å². The average molecular weight is 384 g/mol. The Morgan fingerprint density at radius 1 is 1.35 bits per heavy atom. The van der Waals surface area contributed by atoms with E-state index in [1.54, 1.807) is 6.92 Å². The van der Waals surface area contributed by atoms with Gasteiger partial charge in [0, 0.05) is 5.56 Å². The number of carbonyl (C=O) groups excluding carboxylic acids is 2. The van der Waals surface area contributed by atoms with Crippen molar-refractivity contribution in [1.82, 2.24) is 9.97 Å². The molecule has 2 rings (SSSR count). The Morgan fingerprint density at radius 3 is 2.62 bits per heavy atom. The third-order valence-corrected chi connectivity index (χ3v) is 4.13. The summed E-state index contributed by atoms with van der Waals surface area (Å²) >= 11 is 0.907. The second-order valence-corrected chi connectivity index (χ2v) is 6.33. The van der Waals surface area contributed by atoms with Gasteiger partial charge in [0.1, 0.15) is 10.9 Å². The first-order valence-electron chi connectivity index (χ1n) is 7.13. The summed E-state index contributed by atoms with van der Waals surface area (Å²) in [6.45, 7) is 1.55. The molecule has 1 heterocycles. The van der Waals surface area contributed by atoms with E-state index < -0.39 is 34.3 Å². The minimum absolute atomic E-state index is 0.0521. The molecule has 0 saturated heterocycles. The van der Waals surface area contributed by atoms with Crippen LogP contribution in [0.1, 0.15) is 17.3 Å². The molecule has 11 heteroatoms. The Bertz CT molecular complexity index is 919. The number of amides is 1. The van der Waals surface area contributed by atoms with Crippen LogP contribution in [-0.2, 0) is 9.53 Å². The largest absolute Gasteiger partial charge is 0.468 e. The maximum Gasteiger partial charge on any atom is 0.318 e. The number of aromatic nitrogens is 2. The van der Waals surface area contributed by atoms with Gasteiger partial charge in [-0.3, -0.25) is 19.4 Å². The van der Waals surface area contributed by atoms with Crippen molar-refractivity contribution in [2.45, 2.75) is 17.3 Å². The summed E-state index contributed by atoms with van der Waals surface area (Å²) in [6.07, 6.45) is 0. The van der Waals surface area contributed by atoms with Crippen molar-refractivity contribution in [3.05, 3.63) is 45.8 Å². The van der Waals surface area contributed by atoms with Crippen LogP contribution in [0.25, 0.3) is 0 Å². The number of anilines is 2. The van der Waals surface area contributed by atoms with E-state index in [4.69, 9.17) is 5.73 Å². The lowest BCUT2D eigenvalue weighted by molar-refractivity contribution is -0.139. The first kappa shape index (κ1) is 19.4. The van der Waals surface area contributed by atoms with Crippen LogP contribution >= 0.6 is 11.8 Å². The van der Waals surface area contributed by atoms with Gasteiger partial charge in [0.05, 0.1) is 7.11 Å². The molecule has 1 aromatic carbocycles. The summed E-state index contributed by atoms with van der Waals surface area (Å²) < 4.78 is 30.7. The fraction of sp³-hybridized carbons (Fsp3) is 0.200. The van der Waals surface area contributed by atoms with Crippen molar-refractivity contribution in [2.24, 2.45) is 0 Å². The summed E-state index contributed by atoms with van der Waals surface area (Å²) in [6, 6.07) is 2.52. The number of halogens is 2. The quantitative estimate of drug-likeness (QED) is 0.405. The third kappa shape index (κ3) is 4.36. The number of nitrogens with one attached hydrogen (secondary N) is 2. The maximum absolute atomic E-state index is 13.2. The maximum atomic E-state index is 13.2. The number of aromatic amines is 1. The van der Waals surface area contributed by atoms with Gasteiger partial charge in [0.2, 0.25) is 0 Å². The molecule has 26 heavy (non-hydrogen) atoms. The van der Waals surface area contributed by atoms with Crippen LogP contribution in [-0.4, -0.2) is 34.2 Å². The van der Waals surface area contributed by atoms with Crippen LogP contribution in [0.5, 0.6) is 0 Å². The Balaban J connectivity index is 2.22. The number of rotatable bonds is 5. The molecule has 138 valence electrons. The standard InChI is InChI=1S/C15H14F2N4O4S/c1-6(14(24)25-2)26-15-20-11(18)10(13(23)21-15)19-12(22)7-3-4-8(16)9(17)5-7/h3-6H,1-2H3,(H,19,22)(H3,18,20,21,23)/t6-/m1/s1. The van der Waals surface area contributed by atoms with E-state index >= 15 is 0 Å². The number of esters is 1. The predicted octanol–water partition coefficient (Wildman–Crippen LogP) is 1.54. The number of nitrogens with zero attached hydrogens (tertiary/aromatic N) is 1. The smallest absolute Gasteiger partial charge is 0.318 e. The van der Waals surface area contributed by atoms with Gasteiger partial charge in [-0.15, -0.1) is 0 Å². The van der Waals surface area contributed by atoms with E-state index in [0.717, 1.165) is 23.9 Å². The fourth-order valence-electron chi connectivity index (χ4n) is 1.85. The molecule has 1 aromatic heterocycles. The Hall–Kier alpha value is -2.95. The number of nitrogens with two attached hydrogens (primary N) is 1. The van der Waals surface area contributed by atoms with Gasteiger partial charge >= 0.3 is 5.97 Å². The molecule has 0 bridgehead atoms. The van der Waals surface area contributed by atoms with Crippen LogP contribution in [0, 0.1) is 11.6 Å². The van der Waals surface area contributed by atoms with Crippen LogP contribution in [0.2, 0.25) is 0 Å². The minimum Gasteiger partial charge on any atom is -0.468 e. The van der Waals surface area contributed by atoms with Gasteiger partial charge in [-0.05, 0) is 25.1 Å². The number of ether oxygens (including phenoxy) is 1. The second-order valence-electron chi connectivity index (χ2n) is 5.00. The number of carbonyl (C=O) groups is 2. The lowest BCUT2D eigenvalue weighted by Gasteiger charge is -2.11. The van der Waals surface area contributed by atoms with Crippen molar-refractivity contribution < 1.29 is 23.1 Å². The van der Waals surface area contributed by atoms with E-state index in [1.807, 2.05) is 0 Å². The minimum atomic E-state index is -1.21. The highest BCUT2D eigenvalue weighted by atomic mass is 32.2. The summed E-state index contributed by atoms with van der Waals surface area (Å²) in [4.78, 5) is 41.8. The van der Waals surface area contributed by atoms with Crippen LogP contribution in [0.3, 0.4) is 0 Å². The topological polar surface area (TPSA) is 127 Å². The van der Waals surface area contributed by atoms with Crippen molar-refractivity contribution in [1.29, 1.82) is 0 Å². The van der Waals surface area contributed by atoms with Crippen molar-refractivity contribution in [3.63, 3.8) is 0 Å². The van der Waals surface area contributed by atoms with E-state index in [-0.39, 0.29) is 22.2 Å². The Kier molecular flexibility index (Phi) is 5.93. The molecule has 0 fully saturated rings. The van der Waals surface area contributed by atoms with Crippen LogP contribution in [0.15, 0.2) is 28.2 Å². The molecular weight excluding hydrogens is 370 g/mol. The average Bonchev–Trinajstić information content (AvgIpc) is 2.59. The predicted molar refractivity (Wildman–Crippen MR) is 90.9 cm³/mol. The molecule has 0 aliphatic heterocycles. The molecule has 0 spiro atoms. The van der Waals surface area contributed by atoms with Crippen LogP contribution in [0.4, 0.5) is 20.3 Å². The summed E-state index contributed by atoms with van der Waals surface area (Å²) in [5, 5.41) is 1.60. The van der Waals surface area contributed by atoms with Gasteiger partial charge in [-0.25, -0.2) is 13.8 Å². The van der Waals surface area contributed by atoms with Gasteiger partial charge < -0.3 is 15.8 Å². The zero-order chi connectivity index (χ0) is 19.4. The first-order valence-corrected chi connectivity index (χ1v) is 8.01. The normalized spacial score (nSPS) is 11.7. The number of nitrogen functional groups attached to an aromatic ring is 1. The van der Waals surface area contributed by atoms with Gasteiger partial charge in [0.25, 0.3) is 11.5 Å². The summed E-state index contributed by atoms with van der Waals surface area (Å²) in [5.74, 6) is -4.01. The van der Waals surface area contributed by atoms with Crippen LogP contribution < -0.4 is 16.6 Å². The van der Waals surface area contributed by atoms with E-state index in [2.05, 4.69) is 20.0 Å². The Labute approximate surface area is 150 Å². The van der Waals surface area contributed by atoms with Crippen molar-refractivity contribution in [3.8, 4) is 0 Å². The molecule has 0 unspecified atom stereocenters. The number of hydrogen-bond donors (Lipinski definition) is 3. The molecule has 0 saturated carbocycles. The third-order valence-electron chi connectivity index (χ3n) is 3.17. The van der Waals surface area contributed by atoms with Gasteiger partial charge in [0.15, 0.2) is 22.6 Å². The number of methoxy groups -OCH3 is 1. The molecule has 0 aliphatic carbocycles. The molecule has 0 radical (unpaired) electrons. The number of hydrogen-bond acceptors (Lipinski definition) is 7. The van der Waals surface area contributed by atoms with Crippen molar-refractivity contribution in [2.75, 3.05) is 18.2 Å². The highest BCUT2D eigenvalue weighted by Gasteiger charge is 2.19. The van der Waals surface area contributed by atoms with Gasteiger partial charge in [-0.1, -0.05) is 11.8 Å². The zero-order valence-electron chi connectivity index (χ0n) is 13.6. The van der Waals surface area contributed by atoms with Gasteiger partial charge in [-0.2, -0.15) is 0 Å². The lowest BCUT2D eigenvalue weighted by Crippen LogP contribution is -2.24. The Morgan fingerprint density at radius 2 is 2.04 bits per heavy atom.